The second kappa shape index (κ2) is 4.97. The molecule has 3 heteroatoms. The third-order valence-electron chi connectivity index (χ3n) is 4.81. The molecule has 1 saturated carbocycles. The zero-order chi connectivity index (χ0) is 14.1. The van der Waals surface area contributed by atoms with Crippen molar-refractivity contribution in [3.63, 3.8) is 0 Å². The van der Waals surface area contributed by atoms with Crippen LogP contribution in [0.15, 0.2) is 30.3 Å². The summed E-state index contributed by atoms with van der Waals surface area (Å²) in [5.41, 5.74) is -1.72. The standard InChI is InChI=1S/C16H22O3/c1-12-8-10-16(19,11-9-12)15(2,14(17)18)13-6-4-3-5-7-13/h3-7,12,19H,8-11H2,1-2H3,(H,17,18)/t12?,15-,16?/m1/s1. The molecule has 0 heterocycles. The fraction of sp³-hybridized carbons (Fsp3) is 0.562. The first-order chi connectivity index (χ1) is 8.90. The minimum atomic E-state index is -1.24. The molecule has 1 fully saturated rings. The highest BCUT2D eigenvalue weighted by Crippen LogP contribution is 2.45. The zero-order valence-corrected chi connectivity index (χ0v) is 11.6. The first kappa shape index (κ1) is 14.1. The molecule has 0 saturated heterocycles. The molecule has 3 nitrogen and oxygen atoms in total. The Balaban J connectivity index is 2.43. The molecule has 104 valence electrons. The molecule has 2 rings (SSSR count). The largest absolute Gasteiger partial charge is 0.481 e. The number of carboxylic acid groups (broad SMARTS) is 1. The Morgan fingerprint density at radius 2 is 1.79 bits per heavy atom. The average Bonchev–Trinajstić information content (AvgIpc) is 2.42. The lowest BCUT2D eigenvalue weighted by molar-refractivity contribution is -0.159. The summed E-state index contributed by atoms with van der Waals surface area (Å²) in [6, 6.07) is 9.10. The van der Waals surface area contributed by atoms with Crippen LogP contribution in [0.4, 0.5) is 0 Å². The monoisotopic (exact) mass is 262 g/mol. The van der Waals surface area contributed by atoms with Gasteiger partial charge in [-0.2, -0.15) is 0 Å². The number of carboxylic acids is 1. The fourth-order valence-electron chi connectivity index (χ4n) is 3.10. The Kier molecular flexibility index (Phi) is 3.68. The van der Waals surface area contributed by atoms with E-state index in [0.29, 0.717) is 24.3 Å². The van der Waals surface area contributed by atoms with Gasteiger partial charge in [-0.1, -0.05) is 37.3 Å². The van der Waals surface area contributed by atoms with Gasteiger partial charge in [0.05, 0.1) is 5.60 Å². The third kappa shape index (κ3) is 2.27. The number of hydrogen-bond donors (Lipinski definition) is 2. The van der Waals surface area contributed by atoms with E-state index in [1.165, 1.54) is 0 Å². The van der Waals surface area contributed by atoms with Gasteiger partial charge < -0.3 is 10.2 Å². The Morgan fingerprint density at radius 3 is 2.26 bits per heavy atom. The quantitative estimate of drug-likeness (QED) is 0.880. The number of carbonyl (C=O) groups is 1. The second-order valence-electron chi connectivity index (χ2n) is 6.01. The van der Waals surface area contributed by atoms with E-state index in [9.17, 15) is 15.0 Å². The van der Waals surface area contributed by atoms with Crippen molar-refractivity contribution in [3.8, 4) is 0 Å². The third-order valence-corrected chi connectivity index (χ3v) is 4.81. The first-order valence-electron chi connectivity index (χ1n) is 6.91. The molecule has 0 unspecified atom stereocenters. The maximum Gasteiger partial charge on any atom is 0.316 e. The molecule has 0 bridgehead atoms. The lowest BCUT2D eigenvalue weighted by atomic mass is 9.61. The van der Waals surface area contributed by atoms with Crippen molar-refractivity contribution in [2.75, 3.05) is 0 Å². The molecule has 1 aromatic rings. The number of hydrogen-bond acceptors (Lipinski definition) is 2. The van der Waals surface area contributed by atoms with Crippen molar-refractivity contribution in [2.24, 2.45) is 5.92 Å². The molecule has 1 atom stereocenters. The maximum atomic E-state index is 11.8. The zero-order valence-electron chi connectivity index (χ0n) is 11.6. The summed E-state index contributed by atoms with van der Waals surface area (Å²) in [6.07, 6.45) is 2.86. The molecule has 2 N–H and O–H groups in total. The molecule has 0 aromatic heterocycles. The molecule has 1 aliphatic rings. The molecule has 0 spiro atoms. The van der Waals surface area contributed by atoms with E-state index >= 15 is 0 Å². The second-order valence-corrected chi connectivity index (χ2v) is 6.01. The summed E-state index contributed by atoms with van der Waals surface area (Å²) in [4.78, 5) is 11.8. The summed E-state index contributed by atoms with van der Waals surface area (Å²) in [5.74, 6) is -0.384. The summed E-state index contributed by atoms with van der Waals surface area (Å²) in [5, 5.41) is 20.7. The van der Waals surface area contributed by atoms with Crippen LogP contribution in [0.5, 0.6) is 0 Å². The van der Waals surface area contributed by atoms with Crippen LogP contribution in [0, 0.1) is 5.92 Å². The van der Waals surface area contributed by atoms with E-state index in [2.05, 4.69) is 6.92 Å². The van der Waals surface area contributed by atoms with Crippen molar-refractivity contribution >= 4 is 5.97 Å². The predicted molar refractivity (Wildman–Crippen MR) is 74.0 cm³/mol. The summed E-state index contributed by atoms with van der Waals surface area (Å²) < 4.78 is 0. The van der Waals surface area contributed by atoms with Crippen LogP contribution in [0.2, 0.25) is 0 Å². The van der Waals surface area contributed by atoms with Crippen LogP contribution in [-0.2, 0) is 10.2 Å². The molecular formula is C16H22O3. The van der Waals surface area contributed by atoms with Gasteiger partial charge >= 0.3 is 5.97 Å². The van der Waals surface area contributed by atoms with Crippen molar-refractivity contribution in [1.82, 2.24) is 0 Å². The van der Waals surface area contributed by atoms with Crippen LogP contribution in [0.1, 0.15) is 45.1 Å². The highest BCUT2D eigenvalue weighted by Gasteiger charge is 2.54. The van der Waals surface area contributed by atoms with Crippen molar-refractivity contribution in [1.29, 1.82) is 0 Å². The van der Waals surface area contributed by atoms with E-state index < -0.39 is 17.0 Å². The van der Waals surface area contributed by atoms with Crippen LogP contribution in [0.3, 0.4) is 0 Å². The van der Waals surface area contributed by atoms with Gasteiger partial charge in [-0.05, 0) is 44.1 Å². The molecule has 1 aromatic carbocycles. The molecule has 1 aliphatic carbocycles. The van der Waals surface area contributed by atoms with E-state index in [0.717, 1.165) is 12.8 Å². The Bertz CT molecular complexity index is 446. The van der Waals surface area contributed by atoms with Gasteiger partial charge in [0.1, 0.15) is 5.41 Å². The minimum Gasteiger partial charge on any atom is -0.481 e. The Labute approximate surface area is 114 Å². The normalized spacial score (nSPS) is 30.6. The van der Waals surface area contributed by atoms with Crippen molar-refractivity contribution in [2.45, 2.75) is 50.5 Å². The first-order valence-corrected chi connectivity index (χ1v) is 6.91. The summed E-state index contributed by atoms with van der Waals surface area (Å²) >= 11 is 0. The van der Waals surface area contributed by atoms with Gasteiger partial charge in [0.25, 0.3) is 0 Å². The van der Waals surface area contributed by atoms with Crippen molar-refractivity contribution < 1.29 is 15.0 Å². The van der Waals surface area contributed by atoms with Crippen molar-refractivity contribution in [3.05, 3.63) is 35.9 Å². The number of aliphatic carboxylic acids is 1. The van der Waals surface area contributed by atoms with E-state index in [4.69, 9.17) is 0 Å². The maximum absolute atomic E-state index is 11.8. The van der Waals surface area contributed by atoms with Gasteiger partial charge in [-0.3, -0.25) is 4.79 Å². The van der Waals surface area contributed by atoms with Crippen LogP contribution in [-0.4, -0.2) is 21.8 Å². The smallest absolute Gasteiger partial charge is 0.316 e. The van der Waals surface area contributed by atoms with Gasteiger partial charge in [0.15, 0.2) is 0 Å². The molecule has 0 radical (unpaired) electrons. The molecule has 19 heavy (non-hydrogen) atoms. The highest BCUT2D eigenvalue weighted by molar-refractivity contribution is 5.82. The fourth-order valence-corrected chi connectivity index (χ4v) is 3.10. The Hall–Kier alpha value is -1.35. The lowest BCUT2D eigenvalue weighted by Crippen LogP contribution is -2.56. The van der Waals surface area contributed by atoms with Gasteiger partial charge in [-0.25, -0.2) is 0 Å². The Morgan fingerprint density at radius 1 is 1.26 bits per heavy atom. The minimum absolute atomic E-state index is 0.547. The molecular weight excluding hydrogens is 240 g/mol. The van der Waals surface area contributed by atoms with Crippen LogP contribution in [0.25, 0.3) is 0 Å². The molecule has 0 aliphatic heterocycles. The van der Waals surface area contributed by atoms with E-state index in [1.807, 2.05) is 18.2 Å². The SMILES string of the molecule is CC1CCC(O)([C@@](C)(C(=O)O)c2ccccc2)CC1. The predicted octanol–water partition coefficient (Wildman–Crippen LogP) is 2.97. The number of benzene rings is 1. The summed E-state index contributed by atoms with van der Waals surface area (Å²) in [6.45, 7) is 3.81. The van der Waals surface area contributed by atoms with Gasteiger partial charge in [0.2, 0.25) is 0 Å². The van der Waals surface area contributed by atoms with Gasteiger partial charge in [-0.15, -0.1) is 0 Å². The lowest BCUT2D eigenvalue weighted by Gasteiger charge is -2.46. The topological polar surface area (TPSA) is 57.5 Å². The average molecular weight is 262 g/mol. The molecule has 0 amide bonds. The van der Waals surface area contributed by atoms with E-state index in [1.54, 1.807) is 19.1 Å². The summed E-state index contributed by atoms with van der Waals surface area (Å²) in [7, 11) is 0. The van der Waals surface area contributed by atoms with E-state index in [-0.39, 0.29) is 0 Å². The van der Waals surface area contributed by atoms with Crippen LogP contribution < -0.4 is 0 Å². The number of rotatable bonds is 3. The number of aliphatic hydroxyl groups is 1. The van der Waals surface area contributed by atoms with Crippen LogP contribution >= 0.6 is 0 Å². The van der Waals surface area contributed by atoms with Gasteiger partial charge in [0, 0.05) is 0 Å². The highest BCUT2D eigenvalue weighted by atomic mass is 16.4.